The number of ether oxygens (including phenoxy) is 2. The highest BCUT2D eigenvalue weighted by atomic mass is 35.5. The number of nitrogens with one attached hydrogen (secondary N) is 1. The topological polar surface area (TPSA) is 73.6 Å². The Morgan fingerprint density at radius 1 is 1.30 bits per heavy atom. The molecule has 0 amide bonds. The number of carbonyl (C=O) groups is 1. The molecule has 5 nitrogen and oxygen atoms in total. The second-order valence-electron chi connectivity index (χ2n) is 5.37. The molecule has 0 saturated carbocycles. The maximum Gasteiger partial charge on any atom is 0.338 e. The van der Waals surface area contributed by atoms with E-state index in [2.05, 4.69) is 19.2 Å². The summed E-state index contributed by atoms with van der Waals surface area (Å²) in [6.07, 6.45) is 2.91. The second kappa shape index (κ2) is 12.0. The maximum absolute atomic E-state index is 12.1. The molecule has 0 heterocycles. The van der Waals surface area contributed by atoms with Crippen molar-refractivity contribution in [3.8, 4) is 5.75 Å². The molecule has 0 aromatic heterocycles. The van der Waals surface area contributed by atoms with Crippen molar-refractivity contribution in [2.45, 2.75) is 46.1 Å². The molecule has 0 aliphatic carbocycles. The summed E-state index contributed by atoms with van der Waals surface area (Å²) in [6.45, 7) is 8.25. The molecule has 0 bridgehead atoms. The molecule has 23 heavy (non-hydrogen) atoms. The van der Waals surface area contributed by atoms with E-state index in [9.17, 15) is 4.79 Å². The fourth-order valence-corrected chi connectivity index (χ4v) is 1.91. The minimum Gasteiger partial charge on any atom is -0.491 e. The van der Waals surface area contributed by atoms with E-state index < -0.39 is 0 Å². The number of carbonyl (C=O) groups excluding carboxylic acids is 1. The van der Waals surface area contributed by atoms with E-state index in [0.29, 0.717) is 30.2 Å². The Hall–Kier alpha value is -1.46. The van der Waals surface area contributed by atoms with Gasteiger partial charge in [-0.2, -0.15) is 0 Å². The normalized spacial score (nSPS) is 11.4. The zero-order valence-corrected chi connectivity index (χ0v) is 15.1. The van der Waals surface area contributed by atoms with Gasteiger partial charge in [0.2, 0.25) is 0 Å². The minimum absolute atomic E-state index is 0. The van der Waals surface area contributed by atoms with Crippen LogP contribution >= 0.6 is 12.4 Å². The Balaban J connectivity index is 0.00000484. The lowest BCUT2D eigenvalue weighted by molar-refractivity contribution is 0.0343. The number of nitrogen functional groups attached to an aromatic ring is 1. The highest BCUT2D eigenvalue weighted by Crippen LogP contribution is 2.23. The molecule has 0 spiro atoms. The standard InChI is InChI=1S/C17H28N2O3.ClH/c1-4-6-10-21-16-8-7-14(11-15(16)18)17(20)22-13(3)12-19-9-5-2;/h7-8,11,13,19H,4-6,9-10,12,18H2,1-3H3;1H. The quantitative estimate of drug-likeness (QED) is 0.386. The first-order valence-corrected chi connectivity index (χ1v) is 8.02. The van der Waals surface area contributed by atoms with Gasteiger partial charge in [-0.05, 0) is 44.5 Å². The molecule has 0 radical (unpaired) electrons. The molecule has 0 aliphatic rings. The van der Waals surface area contributed by atoms with Crippen molar-refractivity contribution >= 4 is 24.1 Å². The van der Waals surface area contributed by atoms with Gasteiger partial charge < -0.3 is 20.5 Å². The van der Waals surface area contributed by atoms with Gasteiger partial charge in [-0.3, -0.25) is 0 Å². The molecule has 0 saturated heterocycles. The van der Waals surface area contributed by atoms with Crippen LogP contribution in [0.4, 0.5) is 5.69 Å². The van der Waals surface area contributed by atoms with Crippen molar-refractivity contribution in [1.82, 2.24) is 5.32 Å². The number of rotatable bonds is 10. The van der Waals surface area contributed by atoms with Crippen LogP contribution < -0.4 is 15.8 Å². The van der Waals surface area contributed by atoms with Crippen molar-refractivity contribution in [2.24, 2.45) is 0 Å². The fraction of sp³-hybridized carbons (Fsp3) is 0.588. The highest BCUT2D eigenvalue weighted by molar-refractivity contribution is 5.91. The van der Waals surface area contributed by atoms with Gasteiger partial charge in [0.05, 0.1) is 17.9 Å². The number of unbranched alkanes of at least 4 members (excludes halogenated alkanes) is 1. The largest absolute Gasteiger partial charge is 0.491 e. The van der Waals surface area contributed by atoms with E-state index in [1.54, 1.807) is 18.2 Å². The van der Waals surface area contributed by atoms with E-state index in [4.69, 9.17) is 15.2 Å². The number of nitrogens with two attached hydrogens (primary N) is 1. The molecular weight excluding hydrogens is 316 g/mol. The monoisotopic (exact) mass is 344 g/mol. The molecule has 1 unspecified atom stereocenters. The molecule has 1 aromatic carbocycles. The summed E-state index contributed by atoms with van der Waals surface area (Å²) in [5, 5.41) is 3.22. The Labute approximate surface area is 145 Å². The molecular formula is C17H29ClN2O3. The molecule has 1 atom stereocenters. The third kappa shape index (κ3) is 8.09. The van der Waals surface area contributed by atoms with Crippen LogP contribution in [-0.2, 0) is 4.74 Å². The van der Waals surface area contributed by atoms with Gasteiger partial charge in [-0.15, -0.1) is 12.4 Å². The number of hydrogen-bond acceptors (Lipinski definition) is 5. The molecule has 1 rings (SSSR count). The van der Waals surface area contributed by atoms with Gasteiger partial charge >= 0.3 is 5.97 Å². The van der Waals surface area contributed by atoms with Crippen LogP contribution in [0, 0.1) is 0 Å². The first-order valence-electron chi connectivity index (χ1n) is 8.02. The predicted octanol–water partition coefficient (Wildman–Crippen LogP) is 3.41. The average molecular weight is 345 g/mol. The molecule has 6 heteroatoms. The third-order valence-corrected chi connectivity index (χ3v) is 3.17. The summed E-state index contributed by atoms with van der Waals surface area (Å²) < 4.78 is 10.9. The third-order valence-electron chi connectivity index (χ3n) is 3.17. The zero-order chi connectivity index (χ0) is 16.4. The summed E-state index contributed by atoms with van der Waals surface area (Å²) in [4.78, 5) is 12.1. The summed E-state index contributed by atoms with van der Waals surface area (Å²) >= 11 is 0. The predicted molar refractivity (Wildman–Crippen MR) is 96.5 cm³/mol. The van der Waals surface area contributed by atoms with Crippen molar-refractivity contribution < 1.29 is 14.3 Å². The van der Waals surface area contributed by atoms with Crippen molar-refractivity contribution in [1.29, 1.82) is 0 Å². The Kier molecular flexibility index (Phi) is 11.3. The smallest absolute Gasteiger partial charge is 0.338 e. The molecule has 0 fully saturated rings. The number of anilines is 1. The number of hydrogen-bond donors (Lipinski definition) is 2. The van der Waals surface area contributed by atoms with Gasteiger partial charge in [0.25, 0.3) is 0 Å². The average Bonchev–Trinajstić information content (AvgIpc) is 2.49. The summed E-state index contributed by atoms with van der Waals surface area (Å²) in [5.41, 5.74) is 6.83. The van der Waals surface area contributed by atoms with E-state index in [1.807, 2.05) is 6.92 Å². The lowest BCUT2D eigenvalue weighted by atomic mass is 10.2. The van der Waals surface area contributed by atoms with Crippen LogP contribution in [-0.4, -0.2) is 31.8 Å². The van der Waals surface area contributed by atoms with Gasteiger partial charge in [0.15, 0.2) is 0 Å². The second-order valence-corrected chi connectivity index (χ2v) is 5.37. The van der Waals surface area contributed by atoms with Gasteiger partial charge in [0.1, 0.15) is 11.9 Å². The zero-order valence-electron chi connectivity index (χ0n) is 14.3. The SMILES string of the molecule is CCCCOc1ccc(C(=O)OC(C)CNCCC)cc1N.Cl. The first-order chi connectivity index (χ1) is 10.6. The molecule has 1 aromatic rings. The van der Waals surface area contributed by atoms with Gasteiger partial charge in [-0.25, -0.2) is 4.79 Å². The van der Waals surface area contributed by atoms with Gasteiger partial charge in [-0.1, -0.05) is 20.3 Å². The maximum atomic E-state index is 12.1. The van der Waals surface area contributed by atoms with Gasteiger partial charge in [0, 0.05) is 6.54 Å². The highest BCUT2D eigenvalue weighted by Gasteiger charge is 2.13. The van der Waals surface area contributed by atoms with Crippen LogP contribution in [0.15, 0.2) is 18.2 Å². The van der Waals surface area contributed by atoms with E-state index in [1.165, 1.54) is 0 Å². The summed E-state index contributed by atoms with van der Waals surface area (Å²) in [6, 6.07) is 5.02. The van der Waals surface area contributed by atoms with Crippen LogP contribution in [0.5, 0.6) is 5.75 Å². The number of halogens is 1. The Bertz CT molecular complexity index is 469. The van der Waals surface area contributed by atoms with Crippen LogP contribution in [0.1, 0.15) is 50.4 Å². The fourth-order valence-electron chi connectivity index (χ4n) is 1.91. The van der Waals surface area contributed by atoms with Crippen LogP contribution in [0.25, 0.3) is 0 Å². The summed E-state index contributed by atoms with van der Waals surface area (Å²) in [5.74, 6) is 0.250. The molecule has 0 aliphatic heterocycles. The number of esters is 1. The van der Waals surface area contributed by atoms with Crippen molar-refractivity contribution in [3.63, 3.8) is 0 Å². The van der Waals surface area contributed by atoms with E-state index in [0.717, 1.165) is 25.8 Å². The van der Waals surface area contributed by atoms with Crippen molar-refractivity contribution in [3.05, 3.63) is 23.8 Å². The van der Waals surface area contributed by atoms with Crippen LogP contribution in [0.3, 0.4) is 0 Å². The summed E-state index contributed by atoms with van der Waals surface area (Å²) in [7, 11) is 0. The molecule has 3 N–H and O–H groups in total. The Morgan fingerprint density at radius 3 is 2.65 bits per heavy atom. The van der Waals surface area contributed by atoms with Crippen LogP contribution in [0.2, 0.25) is 0 Å². The lowest BCUT2D eigenvalue weighted by Crippen LogP contribution is -2.29. The Morgan fingerprint density at radius 2 is 2.04 bits per heavy atom. The van der Waals surface area contributed by atoms with Crippen molar-refractivity contribution in [2.75, 3.05) is 25.4 Å². The lowest BCUT2D eigenvalue weighted by Gasteiger charge is -2.15. The number of benzene rings is 1. The van der Waals surface area contributed by atoms with E-state index >= 15 is 0 Å². The molecule has 132 valence electrons. The first kappa shape index (κ1) is 21.5. The van der Waals surface area contributed by atoms with E-state index in [-0.39, 0.29) is 24.5 Å². The minimum atomic E-state index is -0.363.